The second kappa shape index (κ2) is 4.80. The molecule has 0 aromatic heterocycles. The second-order valence-electron chi connectivity index (χ2n) is 5.24. The monoisotopic (exact) mass is 268 g/mol. The Morgan fingerprint density at radius 2 is 1.82 bits per heavy atom. The van der Waals surface area contributed by atoms with E-state index in [9.17, 15) is 17.2 Å². The van der Waals surface area contributed by atoms with E-state index in [0.29, 0.717) is 25.7 Å². The van der Waals surface area contributed by atoms with E-state index in [1.54, 1.807) is 0 Å². The minimum Gasteiger partial charge on any atom is -0.267 e. The summed E-state index contributed by atoms with van der Waals surface area (Å²) in [6.07, 6.45) is 0.377. The van der Waals surface area contributed by atoms with Gasteiger partial charge in [-0.3, -0.25) is 4.18 Å². The fourth-order valence-electron chi connectivity index (χ4n) is 3.17. The lowest BCUT2D eigenvalue weighted by Gasteiger charge is -2.41. The Kier molecular flexibility index (Phi) is 3.73. The van der Waals surface area contributed by atoms with Crippen LogP contribution in [0.2, 0.25) is 0 Å². The molecular formula is C11H18F2O3S. The molecule has 5 unspecified atom stereocenters. The molecule has 0 aromatic rings. The molecule has 17 heavy (non-hydrogen) atoms. The number of hydrogen-bond acceptors (Lipinski definition) is 3. The third kappa shape index (κ3) is 3.37. The van der Waals surface area contributed by atoms with E-state index < -0.39 is 28.6 Å². The number of hydrogen-bond donors (Lipinski definition) is 0. The lowest BCUT2D eigenvalue weighted by atomic mass is 9.68. The minimum atomic E-state index is -3.48. The molecule has 0 amide bonds. The average Bonchev–Trinajstić information content (AvgIpc) is 2.13. The van der Waals surface area contributed by atoms with E-state index in [-0.39, 0.29) is 18.3 Å². The van der Waals surface area contributed by atoms with Crippen LogP contribution in [0.3, 0.4) is 0 Å². The van der Waals surface area contributed by atoms with Gasteiger partial charge in [-0.25, -0.2) is 8.78 Å². The quantitative estimate of drug-likeness (QED) is 0.721. The smallest absolute Gasteiger partial charge is 0.264 e. The van der Waals surface area contributed by atoms with Crippen molar-refractivity contribution in [2.45, 2.75) is 50.6 Å². The van der Waals surface area contributed by atoms with E-state index in [0.717, 1.165) is 6.26 Å². The molecule has 3 nitrogen and oxygen atoms in total. The first-order valence-electron chi connectivity index (χ1n) is 6.01. The van der Waals surface area contributed by atoms with Crippen molar-refractivity contribution in [3.05, 3.63) is 0 Å². The summed E-state index contributed by atoms with van der Waals surface area (Å²) in [5.41, 5.74) is 0. The van der Waals surface area contributed by atoms with Gasteiger partial charge in [0.1, 0.15) is 12.3 Å². The fourth-order valence-corrected chi connectivity index (χ4v) is 3.84. The van der Waals surface area contributed by atoms with E-state index in [2.05, 4.69) is 0 Å². The molecule has 0 saturated heterocycles. The van der Waals surface area contributed by atoms with Gasteiger partial charge in [-0.1, -0.05) is 0 Å². The summed E-state index contributed by atoms with van der Waals surface area (Å²) in [6, 6.07) is 0. The van der Waals surface area contributed by atoms with Crippen molar-refractivity contribution in [3.63, 3.8) is 0 Å². The Labute approximate surface area is 101 Å². The largest absolute Gasteiger partial charge is 0.267 e. The first-order valence-corrected chi connectivity index (χ1v) is 7.83. The molecule has 0 spiro atoms. The van der Waals surface area contributed by atoms with E-state index >= 15 is 0 Å². The predicted molar refractivity (Wildman–Crippen MR) is 59.6 cm³/mol. The maximum absolute atomic E-state index is 13.6. The van der Waals surface area contributed by atoms with Crippen molar-refractivity contribution in [1.29, 1.82) is 0 Å². The fraction of sp³-hybridized carbons (Fsp3) is 1.00. The SMILES string of the molecule is CS(=O)(=O)OC1CCC2C(F)CC(F)CC2C1. The Hall–Kier alpha value is -0.230. The van der Waals surface area contributed by atoms with Crippen molar-refractivity contribution < 1.29 is 21.4 Å². The van der Waals surface area contributed by atoms with Gasteiger partial charge in [-0.2, -0.15) is 8.42 Å². The van der Waals surface area contributed by atoms with Gasteiger partial charge >= 0.3 is 0 Å². The molecule has 2 aliphatic carbocycles. The van der Waals surface area contributed by atoms with Crippen molar-refractivity contribution in [1.82, 2.24) is 0 Å². The molecular weight excluding hydrogens is 250 g/mol. The molecule has 2 rings (SSSR count). The lowest BCUT2D eigenvalue weighted by molar-refractivity contribution is -0.00751. The summed E-state index contributed by atoms with van der Waals surface area (Å²) in [4.78, 5) is 0. The van der Waals surface area contributed by atoms with Crippen LogP contribution < -0.4 is 0 Å². The Balaban J connectivity index is 1.98. The molecule has 2 saturated carbocycles. The zero-order valence-corrected chi connectivity index (χ0v) is 10.6. The first kappa shape index (κ1) is 13.2. The van der Waals surface area contributed by atoms with Crippen LogP contribution in [-0.4, -0.2) is 33.1 Å². The molecule has 2 aliphatic rings. The topological polar surface area (TPSA) is 43.4 Å². The molecule has 0 aliphatic heterocycles. The summed E-state index contributed by atoms with van der Waals surface area (Å²) in [7, 11) is -3.48. The van der Waals surface area contributed by atoms with Crippen LogP contribution in [0, 0.1) is 11.8 Å². The van der Waals surface area contributed by atoms with Gasteiger partial charge in [0.2, 0.25) is 0 Å². The van der Waals surface area contributed by atoms with E-state index in [4.69, 9.17) is 4.18 Å². The average molecular weight is 268 g/mol. The summed E-state index contributed by atoms with van der Waals surface area (Å²) in [6.45, 7) is 0. The van der Waals surface area contributed by atoms with Crippen LogP contribution in [0.15, 0.2) is 0 Å². The third-order valence-corrected chi connectivity index (χ3v) is 4.43. The highest BCUT2D eigenvalue weighted by Gasteiger charge is 2.42. The van der Waals surface area contributed by atoms with Crippen LogP contribution >= 0.6 is 0 Å². The maximum Gasteiger partial charge on any atom is 0.264 e. The van der Waals surface area contributed by atoms with Crippen molar-refractivity contribution >= 4 is 10.1 Å². The molecule has 5 atom stereocenters. The molecule has 0 heterocycles. The van der Waals surface area contributed by atoms with Gasteiger partial charge in [0.05, 0.1) is 12.4 Å². The lowest BCUT2D eigenvalue weighted by Crippen LogP contribution is -2.41. The Bertz CT molecular complexity index is 371. The summed E-state index contributed by atoms with van der Waals surface area (Å²) < 4.78 is 53.9. The highest BCUT2D eigenvalue weighted by Crippen LogP contribution is 2.43. The minimum absolute atomic E-state index is 0.00122. The normalized spacial score (nSPS) is 43.1. The van der Waals surface area contributed by atoms with Crippen molar-refractivity contribution in [2.24, 2.45) is 11.8 Å². The van der Waals surface area contributed by atoms with Crippen LogP contribution in [-0.2, 0) is 14.3 Å². The van der Waals surface area contributed by atoms with Crippen LogP contribution in [0.25, 0.3) is 0 Å². The number of rotatable bonds is 2. The van der Waals surface area contributed by atoms with Crippen LogP contribution in [0.5, 0.6) is 0 Å². The van der Waals surface area contributed by atoms with E-state index in [1.165, 1.54) is 0 Å². The number of alkyl halides is 2. The maximum atomic E-state index is 13.6. The molecule has 0 bridgehead atoms. The van der Waals surface area contributed by atoms with Gasteiger partial charge in [0.25, 0.3) is 10.1 Å². The second-order valence-corrected chi connectivity index (χ2v) is 6.84. The number of halogens is 2. The predicted octanol–water partition coefficient (Wildman–Crippen LogP) is 2.22. The molecule has 2 fully saturated rings. The Morgan fingerprint density at radius 1 is 1.12 bits per heavy atom. The van der Waals surface area contributed by atoms with Crippen molar-refractivity contribution in [2.75, 3.05) is 6.26 Å². The van der Waals surface area contributed by atoms with E-state index in [1.807, 2.05) is 0 Å². The van der Waals surface area contributed by atoms with Gasteiger partial charge < -0.3 is 0 Å². The summed E-state index contributed by atoms with van der Waals surface area (Å²) in [5, 5.41) is 0. The summed E-state index contributed by atoms with van der Waals surface area (Å²) >= 11 is 0. The van der Waals surface area contributed by atoms with Gasteiger partial charge in [0.15, 0.2) is 0 Å². The standard InChI is InChI=1S/C11H18F2O3S/c1-17(14,15)16-9-2-3-10-7(5-9)4-8(12)6-11(10)13/h7-11H,2-6H2,1H3. The third-order valence-electron chi connectivity index (χ3n) is 3.81. The van der Waals surface area contributed by atoms with Crippen LogP contribution in [0.1, 0.15) is 32.1 Å². The molecule has 6 heteroatoms. The molecule has 0 N–H and O–H groups in total. The zero-order valence-electron chi connectivity index (χ0n) is 9.81. The number of fused-ring (bicyclic) bond motifs is 1. The molecule has 0 aromatic carbocycles. The molecule has 100 valence electrons. The first-order chi connectivity index (χ1) is 7.85. The highest BCUT2D eigenvalue weighted by molar-refractivity contribution is 7.86. The zero-order chi connectivity index (χ0) is 12.6. The van der Waals surface area contributed by atoms with Crippen LogP contribution in [0.4, 0.5) is 8.78 Å². The van der Waals surface area contributed by atoms with Crippen molar-refractivity contribution in [3.8, 4) is 0 Å². The molecule has 0 radical (unpaired) electrons. The Morgan fingerprint density at radius 3 is 2.47 bits per heavy atom. The highest BCUT2D eigenvalue weighted by atomic mass is 32.2. The van der Waals surface area contributed by atoms with Gasteiger partial charge in [-0.05, 0) is 37.5 Å². The summed E-state index contributed by atoms with van der Waals surface area (Å²) in [5.74, 6) is -0.185. The van der Waals surface area contributed by atoms with Gasteiger partial charge in [-0.15, -0.1) is 0 Å². The van der Waals surface area contributed by atoms with Gasteiger partial charge in [0, 0.05) is 6.42 Å².